The Kier molecular flexibility index (Phi) is 112. The van der Waals surface area contributed by atoms with E-state index in [0.29, 0.717) is 0 Å². The molecule has 0 aromatic carbocycles. The van der Waals surface area contributed by atoms with E-state index in [-0.39, 0.29) is 108 Å². The summed E-state index contributed by atoms with van der Waals surface area (Å²) < 4.78 is 0. The number of hydrogen-bond acceptors (Lipinski definition) is 9. The first-order chi connectivity index (χ1) is 6.27. The van der Waals surface area contributed by atoms with Crippen molar-refractivity contribution in [2.24, 2.45) is 0 Å². The van der Waals surface area contributed by atoms with Crippen molar-refractivity contribution in [2.45, 2.75) is 6.10 Å². The van der Waals surface area contributed by atoms with Crippen LogP contribution in [0.1, 0.15) is 0 Å². The Hall–Kier alpha value is 2.08. The van der Waals surface area contributed by atoms with Gasteiger partial charge in [-0.05, 0) is 6.16 Å². The molecule has 15 heteroatoms. The van der Waals surface area contributed by atoms with E-state index in [1.54, 1.807) is 0 Å². The van der Waals surface area contributed by atoms with E-state index in [4.69, 9.17) is 45.4 Å². The molecule has 0 aromatic rings. The Labute approximate surface area is 171 Å². The molecule has 9 nitrogen and oxygen atoms in total. The molecule has 0 amide bonds. The Bertz CT molecular complexity index is 122. The van der Waals surface area contributed by atoms with Crippen LogP contribution in [0.4, 0.5) is 4.79 Å². The van der Waals surface area contributed by atoms with E-state index < -0.39 is 19.6 Å². The molecule has 0 bridgehead atoms. The molecule has 0 saturated carbocycles. The number of aliphatic hydroxyl groups excluding tert-OH is 3. The summed E-state index contributed by atoms with van der Waals surface area (Å²) in [5, 5.41) is 65.9. The van der Waals surface area contributed by atoms with Gasteiger partial charge in [0.05, 0.1) is 13.2 Å². The summed E-state index contributed by atoms with van der Waals surface area (Å²) in [5.74, 6) is 0. The average Bonchev–Trinajstić information content (AvgIpc) is 2.01. The minimum atomic E-state index is -2.92. The molecule has 0 aliphatic carbocycles. The SMILES string of the molecule is O=C([O-])[O-].OCC(O)CO.[Li+].[Li+].[Li+].[Li+].[Li+].[O-]B([O-])[O-]. The van der Waals surface area contributed by atoms with Gasteiger partial charge in [-0.1, -0.05) is 0 Å². The number of carboxylic acid groups (broad SMARTS) is 2. The first kappa shape index (κ1) is 49.7. The van der Waals surface area contributed by atoms with E-state index in [2.05, 4.69) is 0 Å². The van der Waals surface area contributed by atoms with E-state index >= 15 is 0 Å². The number of carbonyl (C=O) groups is 1. The van der Waals surface area contributed by atoms with Crippen molar-refractivity contribution in [2.75, 3.05) is 13.2 Å². The number of carbonyl (C=O) groups excluding carboxylic acids is 1. The van der Waals surface area contributed by atoms with Crippen LogP contribution in [-0.4, -0.2) is 48.1 Å². The molecule has 0 aliphatic rings. The zero-order chi connectivity index (χ0) is 12.1. The Morgan fingerprint density at radius 3 is 1.00 bits per heavy atom. The van der Waals surface area contributed by atoms with Crippen molar-refractivity contribution in [3.8, 4) is 0 Å². The van der Waals surface area contributed by atoms with Crippen LogP contribution in [0.3, 0.4) is 0 Å². The van der Waals surface area contributed by atoms with Crippen LogP contribution in [0.5, 0.6) is 0 Å². The first-order valence-electron chi connectivity index (χ1n) is 3.03. The van der Waals surface area contributed by atoms with Gasteiger partial charge in [-0.2, -0.15) is 0 Å². The number of rotatable bonds is 2. The third-order valence-corrected chi connectivity index (χ3v) is 0.421. The largest absolute Gasteiger partial charge is 1.00 e. The summed E-state index contributed by atoms with van der Waals surface area (Å²) >= 11 is 0. The minimum Gasteiger partial charge on any atom is -0.907 e. The van der Waals surface area contributed by atoms with E-state index in [0.717, 1.165) is 0 Å². The van der Waals surface area contributed by atoms with E-state index in [1.165, 1.54) is 0 Å². The predicted octanol–water partition coefficient (Wildman–Crippen LogP) is -23.0. The van der Waals surface area contributed by atoms with Gasteiger partial charge >= 0.3 is 94.3 Å². The summed E-state index contributed by atoms with van der Waals surface area (Å²) in [6, 6.07) is 0. The molecule has 0 aliphatic heterocycles. The topological polar surface area (TPSA) is 193 Å². The quantitative estimate of drug-likeness (QED) is 0.396. The fraction of sp³-hybridized carbons (Fsp3) is 0.750. The van der Waals surface area contributed by atoms with Crippen LogP contribution < -0.4 is 120 Å². The maximum absolute atomic E-state index is 8.42. The molecule has 0 radical (unpaired) electrons. The summed E-state index contributed by atoms with van der Waals surface area (Å²) in [7, 11) is -2.92. The van der Waals surface area contributed by atoms with Crippen LogP contribution in [0.15, 0.2) is 0 Å². The summed E-state index contributed by atoms with van der Waals surface area (Å²) in [6.07, 6.45) is -3.29. The molecule has 0 heterocycles. The van der Waals surface area contributed by atoms with Crippen molar-refractivity contribution in [3.05, 3.63) is 0 Å². The summed E-state index contributed by atoms with van der Waals surface area (Å²) in [6.45, 7) is -0.729. The molecule has 0 spiro atoms. The molecular weight excluding hydrogens is 238 g/mol. The Morgan fingerprint density at radius 1 is 0.895 bits per heavy atom. The van der Waals surface area contributed by atoms with Crippen molar-refractivity contribution in [1.29, 1.82) is 0 Å². The second kappa shape index (κ2) is 42.7. The Balaban J connectivity index is -0.0000000144. The van der Waals surface area contributed by atoms with Gasteiger partial charge in [0.2, 0.25) is 0 Å². The van der Waals surface area contributed by atoms with Crippen molar-refractivity contribution in [1.82, 2.24) is 0 Å². The zero-order valence-electron chi connectivity index (χ0n) is 11.9. The van der Waals surface area contributed by atoms with Crippen LogP contribution in [-0.2, 0) is 0 Å². The zero-order valence-corrected chi connectivity index (χ0v) is 11.9. The molecule has 0 saturated heterocycles. The second-order valence-corrected chi connectivity index (χ2v) is 1.56. The monoisotopic (exact) mass is 246 g/mol. The molecule has 0 atom stereocenters. The van der Waals surface area contributed by atoms with Gasteiger partial charge in [-0.15, -0.1) is 0 Å². The summed E-state index contributed by atoms with van der Waals surface area (Å²) in [5.41, 5.74) is 0. The smallest absolute Gasteiger partial charge is 0.907 e. The molecule has 19 heavy (non-hydrogen) atoms. The van der Waals surface area contributed by atoms with Gasteiger partial charge in [-0.25, -0.2) is 0 Å². The fourth-order valence-electron chi connectivity index (χ4n) is 0.0577. The van der Waals surface area contributed by atoms with Gasteiger partial charge in [0.25, 0.3) is 0 Å². The van der Waals surface area contributed by atoms with Gasteiger partial charge in [0.15, 0.2) is 0 Å². The Morgan fingerprint density at radius 2 is 1.00 bits per heavy atom. The standard InChI is InChI=1S/C3H8O3.CH2O3.BO3.5Li/c4-1-3(6)2-5;2*2-1(3)4;;;;;/h3-6H,1-2H2;(H2,2,3,4);;;;;;/q;;-3;5*+1/p-2. The van der Waals surface area contributed by atoms with E-state index in [9.17, 15) is 0 Å². The maximum Gasteiger partial charge on any atom is 1.00 e. The fourth-order valence-corrected chi connectivity index (χ4v) is 0.0577. The average molecular weight is 246 g/mol. The van der Waals surface area contributed by atoms with Gasteiger partial charge in [-0.3, -0.25) is 7.32 Å². The first-order valence-corrected chi connectivity index (χ1v) is 3.03. The molecule has 3 N–H and O–H groups in total. The normalized spacial score (nSPS) is 5.84. The van der Waals surface area contributed by atoms with Gasteiger partial charge < -0.3 is 45.4 Å². The van der Waals surface area contributed by atoms with Crippen molar-refractivity contribution < 1.29 is 140 Å². The molecule has 0 unspecified atom stereocenters. The van der Waals surface area contributed by atoms with Crippen LogP contribution in [0.25, 0.3) is 0 Å². The van der Waals surface area contributed by atoms with Crippen LogP contribution >= 0.6 is 0 Å². The maximum atomic E-state index is 8.42. The van der Waals surface area contributed by atoms with Gasteiger partial charge in [0, 0.05) is 0 Å². The molecule has 0 aromatic heterocycles. The van der Waals surface area contributed by atoms with Crippen molar-refractivity contribution >= 4 is 13.5 Å². The molecule has 86 valence electrons. The summed E-state index contributed by atoms with van der Waals surface area (Å²) in [4.78, 5) is 8.33. The third-order valence-electron chi connectivity index (χ3n) is 0.421. The van der Waals surface area contributed by atoms with Crippen LogP contribution in [0, 0.1) is 0 Å². The predicted molar refractivity (Wildman–Crippen MR) is 31.3 cm³/mol. The van der Waals surface area contributed by atoms with Gasteiger partial charge in [0.1, 0.15) is 6.10 Å². The van der Waals surface area contributed by atoms with Crippen LogP contribution in [0.2, 0.25) is 0 Å². The van der Waals surface area contributed by atoms with Crippen molar-refractivity contribution in [3.63, 3.8) is 0 Å². The molecule has 0 fully saturated rings. The molecular formula is C4H8BLi5O9. The minimum absolute atomic E-state index is 0. The number of hydrogen-bond donors (Lipinski definition) is 3. The number of aliphatic hydroxyl groups is 3. The third kappa shape index (κ3) is 178. The second-order valence-electron chi connectivity index (χ2n) is 1.56. The van der Waals surface area contributed by atoms with E-state index in [1.807, 2.05) is 0 Å². The molecule has 0 rings (SSSR count).